The number of rotatable bonds is 9. The molecular formula is C19H21N3O7. The molecule has 0 saturated carbocycles. The van der Waals surface area contributed by atoms with Crippen LogP contribution < -0.4 is 15.4 Å². The van der Waals surface area contributed by atoms with E-state index in [0.717, 1.165) is 6.07 Å². The van der Waals surface area contributed by atoms with Crippen LogP contribution in [0.25, 0.3) is 0 Å². The van der Waals surface area contributed by atoms with Gasteiger partial charge < -0.3 is 25.2 Å². The van der Waals surface area contributed by atoms with Gasteiger partial charge in [-0.25, -0.2) is 4.79 Å². The fourth-order valence-electron chi connectivity index (χ4n) is 2.36. The number of nitrogens with zero attached hydrogens (tertiary/aromatic N) is 1. The van der Waals surface area contributed by atoms with Crippen LogP contribution in [0.4, 0.5) is 17.1 Å². The van der Waals surface area contributed by atoms with Crippen molar-refractivity contribution in [2.75, 3.05) is 30.9 Å². The second kappa shape index (κ2) is 10.0. The van der Waals surface area contributed by atoms with Crippen molar-refractivity contribution >= 4 is 28.9 Å². The largest absolute Gasteiger partial charge is 0.497 e. The maximum Gasteiger partial charge on any atom is 0.341 e. The summed E-state index contributed by atoms with van der Waals surface area (Å²) < 4.78 is 10.2. The van der Waals surface area contributed by atoms with Crippen LogP contribution in [-0.4, -0.2) is 48.3 Å². The number of anilines is 2. The molecule has 0 aliphatic carbocycles. The van der Waals surface area contributed by atoms with Crippen molar-refractivity contribution in [2.45, 2.75) is 13.0 Å². The number of nitrogens with one attached hydrogen (secondary N) is 2. The summed E-state index contributed by atoms with van der Waals surface area (Å²) in [7, 11) is 1.52. The summed E-state index contributed by atoms with van der Waals surface area (Å²) in [6.07, 6.45) is -1.16. The monoisotopic (exact) mass is 403 g/mol. The summed E-state index contributed by atoms with van der Waals surface area (Å²) in [6, 6.07) is 10.2. The van der Waals surface area contributed by atoms with E-state index in [9.17, 15) is 19.7 Å². The number of carbonyl (C=O) groups excluding carboxylic acids is 2. The van der Waals surface area contributed by atoms with Gasteiger partial charge in [-0.1, -0.05) is 0 Å². The number of hydrogen-bond donors (Lipinski definition) is 3. The molecule has 0 aliphatic heterocycles. The average molecular weight is 403 g/mol. The fraction of sp³-hybridized carbons (Fsp3) is 0.263. The lowest BCUT2D eigenvalue weighted by atomic mass is 10.1. The van der Waals surface area contributed by atoms with Crippen molar-refractivity contribution in [3.05, 3.63) is 58.1 Å². The Hall–Kier alpha value is -3.66. The first-order valence-corrected chi connectivity index (χ1v) is 8.64. The SMILES string of the molecule is COc1ccc(NC(=O)[C@@H](C)OC(=O)c2cc([N+](=O)[O-])ccc2NCCO)cc1. The van der Waals surface area contributed by atoms with E-state index in [1.165, 1.54) is 26.2 Å². The van der Waals surface area contributed by atoms with Crippen molar-refractivity contribution < 1.29 is 29.1 Å². The molecule has 0 bridgehead atoms. The van der Waals surface area contributed by atoms with Crippen molar-refractivity contribution in [3.63, 3.8) is 0 Å². The molecule has 1 amide bonds. The van der Waals surface area contributed by atoms with Gasteiger partial charge in [-0.05, 0) is 37.3 Å². The Morgan fingerprint density at radius 1 is 1.21 bits per heavy atom. The number of carbonyl (C=O) groups is 2. The van der Waals surface area contributed by atoms with Gasteiger partial charge in [-0.2, -0.15) is 0 Å². The van der Waals surface area contributed by atoms with Gasteiger partial charge >= 0.3 is 5.97 Å². The summed E-state index contributed by atoms with van der Waals surface area (Å²) in [5, 5.41) is 25.3. The molecule has 0 spiro atoms. The summed E-state index contributed by atoms with van der Waals surface area (Å²) in [5.74, 6) is -0.860. The molecule has 2 rings (SSSR count). The Kier molecular flexibility index (Phi) is 7.49. The van der Waals surface area contributed by atoms with Gasteiger partial charge in [0.15, 0.2) is 6.10 Å². The van der Waals surface area contributed by atoms with Gasteiger partial charge in [0, 0.05) is 30.1 Å². The number of hydrogen-bond acceptors (Lipinski definition) is 8. The molecule has 3 N–H and O–H groups in total. The lowest BCUT2D eigenvalue weighted by Crippen LogP contribution is -2.30. The van der Waals surface area contributed by atoms with Gasteiger partial charge in [0.05, 0.1) is 24.2 Å². The van der Waals surface area contributed by atoms with Gasteiger partial charge in [0.25, 0.3) is 11.6 Å². The summed E-state index contributed by atoms with van der Waals surface area (Å²) in [5.41, 5.74) is 0.315. The Labute approximate surface area is 166 Å². The Balaban J connectivity index is 2.11. The quantitative estimate of drug-likeness (QED) is 0.329. The van der Waals surface area contributed by atoms with Crippen LogP contribution in [-0.2, 0) is 9.53 Å². The minimum Gasteiger partial charge on any atom is -0.497 e. The highest BCUT2D eigenvalue weighted by Crippen LogP contribution is 2.23. The number of aliphatic hydroxyl groups is 1. The van der Waals surface area contributed by atoms with Gasteiger partial charge in [-0.3, -0.25) is 14.9 Å². The smallest absolute Gasteiger partial charge is 0.341 e. The van der Waals surface area contributed by atoms with Crippen LogP contribution in [0.5, 0.6) is 5.75 Å². The highest BCUT2D eigenvalue weighted by molar-refractivity contribution is 6.00. The molecular weight excluding hydrogens is 382 g/mol. The fourth-order valence-corrected chi connectivity index (χ4v) is 2.36. The number of aliphatic hydroxyl groups excluding tert-OH is 1. The van der Waals surface area contributed by atoms with Crippen molar-refractivity contribution in [2.24, 2.45) is 0 Å². The summed E-state index contributed by atoms with van der Waals surface area (Å²) >= 11 is 0. The van der Waals surface area contributed by atoms with E-state index in [0.29, 0.717) is 11.4 Å². The Morgan fingerprint density at radius 2 is 1.90 bits per heavy atom. The second-order valence-electron chi connectivity index (χ2n) is 5.90. The van der Waals surface area contributed by atoms with Crippen LogP contribution >= 0.6 is 0 Å². The molecule has 0 aliphatic rings. The number of ether oxygens (including phenoxy) is 2. The van der Waals surface area contributed by atoms with E-state index in [4.69, 9.17) is 14.6 Å². The number of esters is 1. The third kappa shape index (κ3) is 5.91. The molecule has 0 fully saturated rings. The van der Waals surface area contributed by atoms with E-state index in [2.05, 4.69) is 10.6 Å². The predicted octanol–water partition coefficient (Wildman–Crippen LogP) is 2.19. The molecule has 1 atom stereocenters. The van der Waals surface area contributed by atoms with E-state index in [1.54, 1.807) is 24.3 Å². The second-order valence-corrected chi connectivity index (χ2v) is 5.90. The van der Waals surface area contributed by atoms with Gasteiger partial charge in [0.2, 0.25) is 0 Å². The Morgan fingerprint density at radius 3 is 2.48 bits per heavy atom. The minimum atomic E-state index is -1.16. The molecule has 0 aromatic heterocycles. The molecule has 0 saturated heterocycles. The number of nitro groups is 1. The number of nitro benzene ring substituents is 1. The van der Waals surface area contributed by atoms with Gasteiger partial charge in [0.1, 0.15) is 5.75 Å². The highest BCUT2D eigenvalue weighted by Gasteiger charge is 2.23. The first-order chi connectivity index (χ1) is 13.8. The molecule has 0 heterocycles. The van der Waals surface area contributed by atoms with Crippen molar-refractivity contribution in [3.8, 4) is 5.75 Å². The first kappa shape index (κ1) is 21.6. The topological polar surface area (TPSA) is 140 Å². The zero-order chi connectivity index (χ0) is 21.4. The molecule has 0 unspecified atom stereocenters. The number of non-ortho nitro benzene ring substituents is 1. The number of methoxy groups -OCH3 is 1. The molecule has 154 valence electrons. The zero-order valence-electron chi connectivity index (χ0n) is 15.9. The average Bonchev–Trinajstić information content (AvgIpc) is 2.72. The number of benzene rings is 2. The predicted molar refractivity (Wildman–Crippen MR) is 105 cm³/mol. The molecule has 2 aromatic carbocycles. The minimum absolute atomic E-state index is 0.114. The highest BCUT2D eigenvalue weighted by atomic mass is 16.6. The lowest BCUT2D eigenvalue weighted by Gasteiger charge is -2.15. The molecule has 10 heteroatoms. The van der Waals surface area contributed by atoms with Crippen LogP contribution in [0, 0.1) is 10.1 Å². The van der Waals surface area contributed by atoms with Crippen molar-refractivity contribution in [1.82, 2.24) is 0 Å². The lowest BCUT2D eigenvalue weighted by molar-refractivity contribution is -0.384. The van der Waals surface area contributed by atoms with Crippen molar-refractivity contribution in [1.29, 1.82) is 0 Å². The molecule has 0 radical (unpaired) electrons. The third-order valence-electron chi connectivity index (χ3n) is 3.87. The van der Waals surface area contributed by atoms with E-state index < -0.39 is 22.9 Å². The molecule has 29 heavy (non-hydrogen) atoms. The third-order valence-corrected chi connectivity index (χ3v) is 3.87. The van der Waals surface area contributed by atoms with Crippen LogP contribution in [0.3, 0.4) is 0 Å². The van der Waals surface area contributed by atoms with Gasteiger partial charge in [-0.15, -0.1) is 0 Å². The van der Waals surface area contributed by atoms with E-state index >= 15 is 0 Å². The maximum atomic E-state index is 12.5. The summed E-state index contributed by atoms with van der Waals surface area (Å²) in [4.78, 5) is 35.2. The van der Waals surface area contributed by atoms with E-state index in [-0.39, 0.29) is 30.1 Å². The first-order valence-electron chi connectivity index (χ1n) is 8.64. The standard InChI is InChI=1S/C19H21N3O7/c1-12(18(24)21-13-3-6-15(28-2)7-4-13)29-19(25)16-11-14(22(26)27)5-8-17(16)20-9-10-23/h3-8,11-12,20,23H,9-10H2,1-2H3,(H,21,24)/t12-/m1/s1. The van der Waals surface area contributed by atoms with Crippen LogP contribution in [0.1, 0.15) is 17.3 Å². The molecule has 2 aromatic rings. The molecule has 10 nitrogen and oxygen atoms in total. The zero-order valence-corrected chi connectivity index (χ0v) is 15.9. The van der Waals surface area contributed by atoms with Crippen LogP contribution in [0.15, 0.2) is 42.5 Å². The van der Waals surface area contributed by atoms with E-state index in [1.807, 2.05) is 0 Å². The summed E-state index contributed by atoms with van der Waals surface area (Å²) in [6.45, 7) is 1.31. The Bertz CT molecular complexity index is 884. The number of amides is 1. The van der Waals surface area contributed by atoms with Crippen LogP contribution in [0.2, 0.25) is 0 Å². The normalized spacial score (nSPS) is 11.3. The maximum absolute atomic E-state index is 12.5.